The molecule has 3 nitrogen and oxygen atoms in total. The lowest BCUT2D eigenvalue weighted by atomic mass is 9.83. The van der Waals surface area contributed by atoms with Crippen molar-refractivity contribution in [1.29, 1.82) is 0 Å². The van der Waals surface area contributed by atoms with Crippen LogP contribution in [0.25, 0.3) is 0 Å². The van der Waals surface area contributed by atoms with Gasteiger partial charge in [0.2, 0.25) is 5.91 Å². The highest BCUT2D eigenvalue weighted by molar-refractivity contribution is 7.08. The van der Waals surface area contributed by atoms with E-state index in [1.54, 1.807) is 11.3 Å². The molecule has 1 aromatic heterocycles. The van der Waals surface area contributed by atoms with Gasteiger partial charge in [0.25, 0.3) is 0 Å². The summed E-state index contributed by atoms with van der Waals surface area (Å²) in [6, 6.07) is 1.96. The van der Waals surface area contributed by atoms with Crippen molar-refractivity contribution < 1.29 is 4.79 Å². The summed E-state index contributed by atoms with van der Waals surface area (Å²) >= 11 is 1.64. The van der Waals surface area contributed by atoms with Crippen LogP contribution in [-0.2, 0) is 4.79 Å². The Morgan fingerprint density at radius 3 is 2.88 bits per heavy atom. The number of nitrogens with zero attached hydrogens (tertiary/aromatic N) is 1. The van der Waals surface area contributed by atoms with Crippen molar-refractivity contribution in [3.63, 3.8) is 0 Å². The summed E-state index contributed by atoms with van der Waals surface area (Å²) in [6.45, 7) is 5.30. The molecule has 1 atom stereocenters. The number of anilines is 1. The maximum Gasteiger partial charge on any atom is 0.244 e. The molecule has 0 bridgehead atoms. The van der Waals surface area contributed by atoms with E-state index in [9.17, 15) is 4.79 Å². The van der Waals surface area contributed by atoms with Crippen LogP contribution in [-0.4, -0.2) is 25.5 Å². The van der Waals surface area contributed by atoms with Gasteiger partial charge in [0, 0.05) is 11.9 Å². The molecule has 0 radical (unpaired) electrons. The topological polar surface area (TPSA) is 32.3 Å². The SMILES string of the molecule is CNC1CC(C)(C)CCN(c2ccsc2)C1=O. The Hall–Kier alpha value is -0.870. The van der Waals surface area contributed by atoms with Crippen molar-refractivity contribution in [1.82, 2.24) is 5.32 Å². The van der Waals surface area contributed by atoms with E-state index in [1.165, 1.54) is 0 Å². The van der Waals surface area contributed by atoms with Crippen LogP contribution in [0.1, 0.15) is 26.7 Å². The molecule has 94 valence electrons. The number of carbonyl (C=O) groups excluding carboxylic acids is 1. The van der Waals surface area contributed by atoms with Crippen LogP contribution in [0.2, 0.25) is 0 Å². The van der Waals surface area contributed by atoms with Gasteiger partial charge < -0.3 is 10.2 Å². The van der Waals surface area contributed by atoms with E-state index in [4.69, 9.17) is 0 Å². The lowest BCUT2D eigenvalue weighted by Gasteiger charge is -2.24. The number of nitrogens with one attached hydrogen (secondary N) is 1. The number of likely N-dealkylation sites (N-methyl/N-ethyl adjacent to an activating group) is 1. The monoisotopic (exact) mass is 252 g/mol. The summed E-state index contributed by atoms with van der Waals surface area (Å²) in [7, 11) is 1.87. The molecule has 1 amide bonds. The van der Waals surface area contributed by atoms with E-state index < -0.39 is 0 Å². The van der Waals surface area contributed by atoms with Crippen LogP contribution in [0.3, 0.4) is 0 Å². The summed E-state index contributed by atoms with van der Waals surface area (Å²) in [6.07, 6.45) is 1.95. The standard InChI is InChI=1S/C13H20N2OS/c1-13(2)5-6-15(10-4-7-17-9-10)12(16)11(8-13)14-3/h4,7,9,11,14H,5-6,8H2,1-3H3. The van der Waals surface area contributed by atoms with Gasteiger partial charge >= 0.3 is 0 Å². The van der Waals surface area contributed by atoms with E-state index in [2.05, 4.69) is 19.2 Å². The Labute approximate surface area is 107 Å². The van der Waals surface area contributed by atoms with Gasteiger partial charge in [-0.2, -0.15) is 11.3 Å². The molecule has 1 aliphatic rings. The fourth-order valence-corrected chi connectivity index (χ4v) is 2.99. The fourth-order valence-electron chi connectivity index (χ4n) is 2.35. The number of carbonyl (C=O) groups is 1. The quantitative estimate of drug-likeness (QED) is 0.877. The Bertz CT molecular complexity index is 386. The molecule has 0 aliphatic carbocycles. The van der Waals surface area contributed by atoms with Gasteiger partial charge in [0.1, 0.15) is 0 Å². The van der Waals surface area contributed by atoms with Crippen LogP contribution in [0.5, 0.6) is 0 Å². The van der Waals surface area contributed by atoms with Gasteiger partial charge in [-0.25, -0.2) is 0 Å². The lowest BCUT2D eigenvalue weighted by molar-refractivity contribution is -0.120. The molecular weight excluding hydrogens is 232 g/mol. The van der Waals surface area contributed by atoms with Crippen molar-refractivity contribution >= 4 is 22.9 Å². The first-order valence-electron chi connectivity index (χ1n) is 6.04. The van der Waals surface area contributed by atoms with Crippen molar-refractivity contribution in [3.8, 4) is 0 Å². The van der Waals surface area contributed by atoms with Crippen molar-refractivity contribution in [2.45, 2.75) is 32.7 Å². The summed E-state index contributed by atoms with van der Waals surface area (Å²) < 4.78 is 0. The molecular formula is C13H20N2OS. The van der Waals surface area contributed by atoms with E-state index in [0.29, 0.717) is 0 Å². The van der Waals surface area contributed by atoms with Crippen LogP contribution in [0.15, 0.2) is 16.8 Å². The molecule has 1 aliphatic heterocycles. The molecule has 0 saturated carbocycles. The zero-order valence-corrected chi connectivity index (χ0v) is 11.5. The second-order valence-corrected chi connectivity index (χ2v) is 6.21. The number of amides is 1. The first-order valence-corrected chi connectivity index (χ1v) is 6.99. The van der Waals surface area contributed by atoms with Crippen LogP contribution in [0.4, 0.5) is 5.69 Å². The normalized spacial score (nSPS) is 24.8. The van der Waals surface area contributed by atoms with E-state index in [1.807, 2.05) is 28.8 Å². The lowest BCUT2D eigenvalue weighted by Crippen LogP contribution is -2.44. The molecule has 1 aromatic rings. The van der Waals surface area contributed by atoms with E-state index in [-0.39, 0.29) is 17.4 Å². The predicted octanol–water partition coefficient (Wildman–Crippen LogP) is 2.49. The molecule has 1 unspecified atom stereocenters. The molecule has 0 spiro atoms. The van der Waals surface area contributed by atoms with Crippen molar-refractivity contribution in [2.75, 3.05) is 18.5 Å². The number of hydrogen-bond acceptors (Lipinski definition) is 3. The first-order chi connectivity index (χ1) is 8.03. The number of thiophene rings is 1. The molecule has 4 heteroatoms. The number of rotatable bonds is 2. The molecule has 1 saturated heterocycles. The molecule has 2 rings (SSSR count). The molecule has 1 N–H and O–H groups in total. The highest BCUT2D eigenvalue weighted by Crippen LogP contribution is 2.32. The Kier molecular flexibility index (Phi) is 3.54. The molecule has 17 heavy (non-hydrogen) atoms. The highest BCUT2D eigenvalue weighted by Gasteiger charge is 2.34. The maximum atomic E-state index is 12.4. The summed E-state index contributed by atoms with van der Waals surface area (Å²) in [5.74, 6) is 0.205. The maximum absolute atomic E-state index is 12.4. The molecule has 0 aromatic carbocycles. The average molecular weight is 252 g/mol. The van der Waals surface area contributed by atoms with Crippen LogP contribution in [0, 0.1) is 5.41 Å². The highest BCUT2D eigenvalue weighted by atomic mass is 32.1. The Morgan fingerprint density at radius 1 is 1.53 bits per heavy atom. The van der Waals surface area contributed by atoms with Gasteiger partial charge in [0.15, 0.2) is 0 Å². The van der Waals surface area contributed by atoms with Gasteiger partial charge in [-0.1, -0.05) is 13.8 Å². The van der Waals surface area contributed by atoms with Gasteiger partial charge in [0.05, 0.1) is 11.7 Å². The fraction of sp³-hybridized carbons (Fsp3) is 0.615. The van der Waals surface area contributed by atoms with Crippen molar-refractivity contribution in [3.05, 3.63) is 16.8 Å². The molecule has 1 fully saturated rings. The smallest absolute Gasteiger partial charge is 0.244 e. The van der Waals surface area contributed by atoms with E-state index >= 15 is 0 Å². The first kappa shape index (κ1) is 12.6. The Morgan fingerprint density at radius 2 is 2.29 bits per heavy atom. The summed E-state index contributed by atoms with van der Waals surface area (Å²) in [5, 5.41) is 7.22. The minimum Gasteiger partial charge on any atom is -0.310 e. The Balaban J connectivity index is 2.26. The van der Waals surface area contributed by atoms with Gasteiger partial charge in [-0.15, -0.1) is 0 Å². The second-order valence-electron chi connectivity index (χ2n) is 5.43. The largest absolute Gasteiger partial charge is 0.310 e. The minimum atomic E-state index is -0.0626. The molecule has 2 heterocycles. The van der Waals surface area contributed by atoms with Gasteiger partial charge in [-0.05, 0) is 36.8 Å². The van der Waals surface area contributed by atoms with Gasteiger partial charge in [-0.3, -0.25) is 4.79 Å². The minimum absolute atomic E-state index is 0.0626. The third-order valence-corrected chi connectivity index (χ3v) is 4.17. The van der Waals surface area contributed by atoms with E-state index in [0.717, 1.165) is 25.1 Å². The van der Waals surface area contributed by atoms with Crippen LogP contribution >= 0.6 is 11.3 Å². The predicted molar refractivity (Wildman–Crippen MR) is 72.5 cm³/mol. The number of hydrogen-bond donors (Lipinski definition) is 1. The van der Waals surface area contributed by atoms with Crippen molar-refractivity contribution in [2.24, 2.45) is 5.41 Å². The zero-order chi connectivity index (χ0) is 12.5. The van der Waals surface area contributed by atoms with Crippen LogP contribution < -0.4 is 10.2 Å². The second kappa shape index (κ2) is 4.78. The third-order valence-electron chi connectivity index (χ3n) is 3.50. The summed E-state index contributed by atoms with van der Waals surface area (Å²) in [5.41, 5.74) is 1.26. The zero-order valence-electron chi connectivity index (χ0n) is 10.7. The summed E-state index contributed by atoms with van der Waals surface area (Å²) in [4.78, 5) is 14.4. The average Bonchev–Trinajstić information content (AvgIpc) is 2.75. The third kappa shape index (κ3) is 2.69.